The van der Waals surface area contributed by atoms with E-state index in [-0.39, 0.29) is 11.7 Å². The second-order valence-corrected chi connectivity index (χ2v) is 5.98. The summed E-state index contributed by atoms with van der Waals surface area (Å²) >= 11 is 0. The number of benzene rings is 3. The minimum atomic E-state index is -0.265. The van der Waals surface area contributed by atoms with Gasteiger partial charge in [0.25, 0.3) is 0 Å². The Morgan fingerprint density at radius 3 is 1.52 bits per heavy atom. The molecule has 0 aliphatic rings. The van der Waals surface area contributed by atoms with Crippen molar-refractivity contribution in [1.82, 2.24) is 0 Å². The third-order valence-electron chi connectivity index (χ3n) is 4.14. The van der Waals surface area contributed by atoms with Gasteiger partial charge in [0.15, 0.2) is 5.78 Å². The van der Waals surface area contributed by atoms with Crippen molar-refractivity contribution in [2.45, 2.75) is 19.8 Å². The average molecular weight is 300 g/mol. The number of carbonyl (C=O) groups excluding carboxylic acids is 1. The number of hydrogen-bond acceptors (Lipinski definition) is 1. The Kier molecular flexibility index (Phi) is 4.38. The fourth-order valence-electron chi connectivity index (χ4n) is 2.78. The molecule has 0 atom stereocenters. The molecular weight excluding hydrogens is 280 g/mol. The van der Waals surface area contributed by atoms with Crippen LogP contribution >= 0.6 is 0 Å². The molecule has 0 aliphatic carbocycles. The van der Waals surface area contributed by atoms with Crippen molar-refractivity contribution in [3.05, 3.63) is 107 Å². The predicted octanol–water partition coefficient (Wildman–Crippen LogP) is 5.32. The lowest BCUT2D eigenvalue weighted by atomic mass is 9.84. The molecule has 114 valence electrons. The summed E-state index contributed by atoms with van der Waals surface area (Å²) in [6, 6.07) is 26.0. The summed E-state index contributed by atoms with van der Waals surface area (Å²) in [6.45, 7) is 4.12. The monoisotopic (exact) mass is 300 g/mol. The molecule has 3 rings (SSSR count). The lowest BCUT2D eigenvalue weighted by Crippen LogP contribution is -2.14. The van der Waals surface area contributed by atoms with Crippen molar-refractivity contribution in [3.63, 3.8) is 0 Å². The van der Waals surface area contributed by atoms with Gasteiger partial charge in [-0.15, -0.1) is 0 Å². The fraction of sp³-hybridized carbons (Fsp3) is 0.136. The second-order valence-electron chi connectivity index (χ2n) is 5.98. The first-order valence-electron chi connectivity index (χ1n) is 7.87. The molecule has 3 aromatic carbocycles. The van der Waals surface area contributed by atoms with Crippen molar-refractivity contribution in [3.8, 4) is 0 Å². The number of aryl methyl sites for hydroxylation is 2. The molecule has 0 fully saturated rings. The van der Waals surface area contributed by atoms with Gasteiger partial charge < -0.3 is 0 Å². The maximum absolute atomic E-state index is 13.1. The minimum absolute atomic E-state index is 0.137. The van der Waals surface area contributed by atoms with Crippen LogP contribution in [0, 0.1) is 13.8 Å². The van der Waals surface area contributed by atoms with Gasteiger partial charge in [-0.05, 0) is 25.0 Å². The van der Waals surface area contributed by atoms with Gasteiger partial charge in [-0.3, -0.25) is 4.79 Å². The molecular formula is C22H20O. The Labute approximate surface area is 137 Å². The van der Waals surface area contributed by atoms with Crippen molar-refractivity contribution in [2.75, 3.05) is 0 Å². The molecule has 23 heavy (non-hydrogen) atoms. The van der Waals surface area contributed by atoms with E-state index in [0.29, 0.717) is 0 Å². The van der Waals surface area contributed by atoms with Gasteiger partial charge in [-0.2, -0.15) is 0 Å². The molecule has 0 heterocycles. The molecule has 3 aromatic rings. The van der Waals surface area contributed by atoms with E-state index >= 15 is 0 Å². The van der Waals surface area contributed by atoms with Gasteiger partial charge in [-0.1, -0.05) is 90.0 Å². The van der Waals surface area contributed by atoms with E-state index in [1.807, 2.05) is 30.3 Å². The van der Waals surface area contributed by atoms with Gasteiger partial charge in [-0.25, -0.2) is 0 Å². The van der Waals surface area contributed by atoms with Crippen LogP contribution in [0.5, 0.6) is 0 Å². The minimum Gasteiger partial charge on any atom is -0.293 e. The Morgan fingerprint density at radius 1 is 0.652 bits per heavy atom. The Bertz CT molecular complexity index is 738. The van der Waals surface area contributed by atoms with Crippen LogP contribution in [-0.4, -0.2) is 5.78 Å². The first-order valence-corrected chi connectivity index (χ1v) is 7.87. The number of Topliss-reactive ketones (excluding diaryl/α,β-unsaturated/α-hetero) is 1. The van der Waals surface area contributed by atoms with E-state index in [4.69, 9.17) is 0 Å². The summed E-state index contributed by atoms with van der Waals surface area (Å²) in [5.41, 5.74) is 5.22. The average Bonchev–Trinajstić information content (AvgIpc) is 2.59. The highest BCUT2D eigenvalue weighted by Crippen LogP contribution is 2.29. The molecule has 0 N–H and O–H groups in total. The van der Waals surface area contributed by atoms with Crippen LogP contribution in [0.1, 0.15) is 38.5 Å². The van der Waals surface area contributed by atoms with Crippen LogP contribution in [0.15, 0.2) is 78.9 Å². The largest absolute Gasteiger partial charge is 0.293 e. The van der Waals surface area contributed by atoms with E-state index in [2.05, 4.69) is 62.4 Å². The SMILES string of the molecule is Cc1ccc(C(C(=O)c2ccccc2)c2ccc(C)cc2)cc1. The van der Waals surface area contributed by atoms with Crippen molar-refractivity contribution in [1.29, 1.82) is 0 Å². The molecule has 0 aliphatic heterocycles. The molecule has 0 saturated carbocycles. The summed E-state index contributed by atoms with van der Waals surface area (Å²) < 4.78 is 0. The van der Waals surface area contributed by atoms with E-state index in [1.165, 1.54) is 11.1 Å². The quantitative estimate of drug-likeness (QED) is 0.596. The highest BCUT2D eigenvalue weighted by atomic mass is 16.1. The van der Waals surface area contributed by atoms with Crippen LogP contribution in [0.4, 0.5) is 0 Å². The lowest BCUT2D eigenvalue weighted by Gasteiger charge is -2.18. The van der Waals surface area contributed by atoms with Gasteiger partial charge in [0.05, 0.1) is 5.92 Å². The zero-order valence-electron chi connectivity index (χ0n) is 13.5. The fourth-order valence-corrected chi connectivity index (χ4v) is 2.78. The zero-order valence-corrected chi connectivity index (χ0v) is 13.5. The van der Waals surface area contributed by atoms with Crippen LogP contribution in [-0.2, 0) is 0 Å². The van der Waals surface area contributed by atoms with E-state index in [9.17, 15) is 4.79 Å². The highest BCUT2D eigenvalue weighted by molar-refractivity contribution is 6.03. The third kappa shape index (κ3) is 3.40. The number of rotatable bonds is 4. The molecule has 0 amide bonds. The van der Waals surface area contributed by atoms with Crippen LogP contribution in [0.3, 0.4) is 0 Å². The first kappa shape index (κ1) is 15.2. The van der Waals surface area contributed by atoms with Crippen molar-refractivity contribution < 1.29 is 4.79 Å². The molecule has 0 unspecified atom stereocenters. The Balaban J connectivity index is 2.08. The first-order chi connectivity index (χ1) is 11.1. The maximum atomic E-state index is 13.1. The molecule has 0 saturated heterocycles. The second kappa shape index (κ2) is 6.62. The van der Waals surface area contributed by atoms with Crippen molar-refractivity contribution in [2.24, 2.45) is 0 Å². The number of hydrogen-bond donors (Lipinski definition) is 0. The van der Waals surface area contributed by atoms with Gasteiger partial charge in [0.1, 0.15) is 0 Å². The highest BCUT2D eigenvalue weighted by Gasteiger charge is 2.23. The Hall–Kier alpha value is -2.67. The predicted molar refractivity (Wildman–Crippen MR) is 95.0 cm³/mol. The Morgan fingerprint density at radius 2 is 1.09 bits per heavy atom. The van der Waals surface area contributed by atoms with Gasteiger partial charge >= 0.3 is 0 Å². The van der Waals surface area contributed by atoms with Gasteiger partial charge in [0.2, 0.25) is 0 Å². The van der Waals surface area contributed by atoms with Gasteiger partial charge in [0, 0.05) is 5.56 Å². The third-order valence-corrected chi connectivity index (χ3v) is 4.14. The van der Waals surface area contributed by atoms with E-state index in [1.54, 1.807) is 0 Å². The van der Waals surface area contributed by atoms with Crippen LogP contribution in [0.2, 0.25) is 0 Å². The summed E-state index contributed by atoms with van der Waals surface area (Å²) in [5, 5.41) is 0. The number of carbonyl (C=O) groups is 1. The molecule has 0 aromatic heterocycles. The summed E-state index contributed by atoms with van der Waals surface area (Å²) in [6.07, 6.45) is 0. The lowest BCUT2D eigenvalue weighted by molar-refractivity contribution is 0.0974. The normalized spacial score (nSPS) is 10.7. The zero-order chi connectivity index (χ0) is 16.2. The van der Waals surface area contributed by atoms with Crippen molar-refractivity contribution >= 4 is 5.78 Å². The topological polar surface area (TPSA) is 17.1 Å². The van der Waals surface area contributed by atoms with Crippen LogP contribution < -0.4 is 0 Å². The standard InChI is InChI=1S/C22H20O/c1-16-8-12-18(13-9-16)21(19-14-10-17(2)11-15-19)22(23)20-6-4-3-5-7-20/h3-15,21H,1-2H3. The molecule has 0 spiro atoms. The van der Waals surface area contributed by atoms with E-state index < -0.39 is 0 Å². The molecule has 1 heteroatoms. The summed E-state index contributed by atoms with van der Waals surface area (Å²) in [7, 11) is 0. The van der Waals surface area contributed by atoms with E-state index in [0.717, 1.165) is 16.7 Å². The maximum Gasteiger partial charge on any atom is 0.174 e. The molecule has 0 bridgehead atoms. The summed E-state index contributed by atoms with van der Waals surface area (Å²) in [5.74, 6) is -0.128. The smallest absolute Gasteiger partial charge is 0.174 e. The van der Waals surface area contributed by atoms with Crippen LogP contribution in [0.25, 0.3) is 0 Å². The molecule has 1 nitrogen and oxygen atoms in total. The number of ketones is 1. The molecule has 0 radical (unpaired) electrons. The summed E-state index contributed by atoms with van der Waals surface area (Å²) in [4.78, 5) is 13.1.